The Bertz CT molecular complexity index is 560. The molecule has 2 nitrogen and oxygen atoms in total. The maximum absolute atomic E-state index is 12.0. The minimum absolute atomic E-state index is 0.0219. The summed E-state index contributed by atoms with van der Waals surface area (Å²) in [6.45, 7) is 4.64. The Labute approximate surface area is 124 Å². The molecule has 94 valence electrons. The molecule has 1 aromatic carbocycles. The van der Waals surface area contributed by atoms with Gasteiger partial charge in [0.2, 0.25) is 5.91 Å². The molecule has 1 saturated heterocycles. The van der Waals surface area contributed by atoms with Gasteiger partial charge in [-0.1, -0.05) is 15.9 Å². The van der Waals surface area contributed by atoms with Crippen molar-refractivity contribution in [1.82, 2.24) is 0 Å². The molecule has 1 aliphatic heterocycles. The Hall–Kier alpha value is -0.790. The van der Waals surface area contributed by atoms with Crippen LogP contribution in [0.3, 0.4) is 0 Å². The molecule has 0 spiro atoms. The summed E-state index contributed by atoms with van der Waals surface area (Å²) in [4.78, 5) is 13.8. The summed E-state index contributed by atoms with van der Waals surface area (Å²) in [5.74, 6) is 2.79. The van der Waals surface area contributed by atoms with E-state index >= 15 is 0 Å². The van der Waals surface area contributed by atoms with Crippen LogP contribution in [0.1, 0.15) is 17.5 Å². The highest BCUT2D eigenvalue weighted by Crippen LogP contribution is 2.38. The number of terminal acetylenes is 1. The second kappa shape index (κ2) is 5.07. The second-order valence-electron chi connectivity index (χ2n) is 4.54. The van der Waals surface area contributed by atoms with Crippen molar-refractivity contribution in [2.45, 2.75) is 20.3 Å². The van der Waals surface area contributed by atoms with Crippen molar-refractivity contribution in [3.8, 4) is 12.3 Å². The van der Waals surface area contributed by atoms with Crippen LogP contribution in [0.2, 0.25) is 0 Å². The first-order chi connectivity index (χ1) is 8.45. The molecule has 0 saturated carbocycles. The van der Waals surface area contributed by atoms with Gasteiger partial charge in [-0.3, -0.25) is 4.79 Å². The van der Waals surface area contributed by atoms with Crippen LogP contribution in [-0.4, -0.2) is 12.5 Å². The molecule has 1 fully saturated rings. The van der Waals surface area contributed by atoms with Gasteiger partial charge in [-0.25, -0.2) is 0 Å². The minimum atomic E-state index is 0.0219. The van der Waals surface area contributed by atoms with E-state index < -0.39 is 0 Å². The lowest BCUT2D eigenvalue weighted by molar-refractivity contribution is -0.117. The van der Waals surface area contributed by atoms with Crippen molar-refractivity contribution < 1.29 is 4.79 Å². The van der Waals surface area contributed by atoms with Crippen LogP contribution in [-0.2, 0) is 4.79 Å². The Morgan fingerprint density at radius 2 is 2.06 bits per heavy atom. The van der Waals surface area contributed by atoms with E-state index in [-0.39, 0.29) is 11.8 Å². The van der Waals surface area contributed by atoms with Gasteiger partial charge in [0, 0.05) is 27.8 Å². The van der Waals surface area contributed by atoms with E-state index in [0.717, 1.165) is 25.8 Å². The number of carbonyl (C=O) groups excluding carboxylic acids is 1. The summed E-state index contributed by atoms with van der Waals surface area (Å²) < 4.78 is 2.02. The molecule has 0 radical (unpaired) electrons. The monoisotopic (exact) mass is 369 g/mol. The molecule has 0 aliphatic carbocycles. The number of aryl methyl sites for hydroxylation is 1. The van der Waals surface area contributed by atoms with Crippen molar-refractivity contribution in [2.75, 3.05) is 11.4 Å². The van der Waals surface area contributed by atoms with Crippen LogP contribution >= 0.6 is 31.9 Å². The number of rotatable bonds is 1. The number of hydrogen-bond donors (Lipinski definition) is 0. The van der Waals surface area contributed by atoms with Gasteiger partial charge in [0.15, 0.2) is 0 Å². The number of anilines is 1. The fraction of sp³-hybridized carbons (Fsp3) is 0.357. The van der Waals surface area contributed by atoms with Crippen molar-refractivity contribution in [3.63, 3.8) is 0 Å². The topological polar surface area (TPSA) is 20.3 Å². The first kappa shape index (κ1) is 13.6. The van der Waals surface area contributed by atoms with Crippen LogP contribution in [0.25, 0.3) is 0 Å². The first-order valence-electron chi connectivity index (χ1n) is 5.67. The summed E-state index contributed by atoms with van der Waals surface area (Å²) in [6.07, 6.45) is 5.85. The zero-order valence-corrected chi connectivity index (χ0v) is 13.4. The van der Waals surface area contributed by atoms with Gasteiger partial charge in [0.1, 0.15) is 0 Å². The van der Waals surface area contributed by atoms with E-state index in [1.165, 1.54) is 0 Å². The van der Waals surface area contributed by atoms with E-state index in [2.05, 4.69) is 37.8 Å². The highest BCUT2D eigenvalue weighted by atomic mass is 79.9. The lowest BCUT2D eigenvalue weighted by atomic mass is 10.1. The predicted octanol–water partition coefficient (Wildman–Crippen LogP) is 3.81. The summed E-state index contributed by atoms with van der Waals surface area (Å²) in [5, 5.41) is 0. The average Bonchev–Trinajstić information content (AvgIpc) is 2.72. The molecule has 18 heavy (non-hydrogen) atoms. The Morgan fingerprint density at radius 3 is 2.61 bits per heavy atom. The van der Waals surface area contributed by atoms with Gasteiger partial charge in [0.05, 0.1) is 5.69 Å². The van der Waals surface area contributed by atoms with Crippen LogP contribution in [0, 0.1) is 32.1 Å². The molecular formula is C14H13Br2NO. The maximum Gasteiger partial charge on any atom is 0.228 e. The van der Waals surface area contributed by atoms with E-state index in [0.29, 0.717) is 13.0 Å². The zero-order chi connectivity index (χ0) is 13.4. The highest BCUT2D eigenvalue weighted by molar-refractivity contribution is 9.11. The molecular weight excluding hydrogens is 358 g/mol. The number of carbonyl (C=O) groups is 1. The van der Waals surface area contributed by atoms with Gasteiger partial charge in [-0.15, -0.1) is 12.3 Å². The summed E-state index contributed by atoms with van der Waals surface area (Å²) >= 11 is 7.12. The van der Waals surface area contributed by atoms with Crippen molar-refractivity contribution in [1.29, 1.82) is 0 Å². The largest absolute Gasteiger partial charge is 0.310 e. The van der Waals surface area contributed by atoms with E-state index in [9.17, 15) is 4.79 Å². The van der Waals surface area contributed by atoms with Crippen LogP contribution in [0.15, 0.2) is 15.0 Å². The van der Waals surface area contributed by atoms with Gasteiger partial charge >= 0.3 is 0 Å². The van der Waals surface area contributed by atoms with Crippen molar-refractivity contribution in [3.05, 3.63) is 26.1 Å². The fourth-order valence-corrected chi connectivity index (χ4v) is 3.27. The molecule has 0 aromatic heterocycles. The van der Waals surface area contributed by atoms with E-state index in [4.69, 9.17) is 6.42 Å². The normalized spacial score (nSPS) is 19.2. The molecule has 1 atom stereocenters. The standard InChI is InChI=1S/C14H13Br2NO/c1-4-10-6-12(18)17(7-10)11-5-8(2)13(15)9(3)14(11)16/h1,5,10H,6-7H2,2-3H3. The van der Waals surface area contributed by atoms with Gasteiger partial charge in [0.25, 0.3) is 0 Å². The summed E-state index contributed by atoms with van der Waals surface area (Å²) in [6, 6.07) is 2.01. The zero-order valence-electron chi connectivity index (χ0n) is 10.3. The van der Waals surface area contributed by atoms with Crippen LogP contribution in [0.5, 0.6) is 0 Å². The quantitative estimate of drug-likeness (QED) is 0.688. The third-order valence-electron chi connectivity index (χ3n) is 3.23. The molecule has 1 unspecified atom stereocenters. The van der Waals surface area contributed by atoms with Crippen molar-refractivity contribution in [2.24, 2.45) is 5.92 Å². The minimum Gasteiger partial charge on any atom is -0.310 e. The third kappa shape index (κ3) is 2.22. The van der Waals surface area contributed by atoms with E-state index in [1.54, 1.807) is 4.90 Å². The SMILES string of the molecule is C#CC1CC(=O)N(c2cc(C)c(Br)c(C)c2Br)C1. The molecule has 1 aliphatic rings. The molecule has 2 rings (SSSR count). The van der Waals surface area contributed by atoms with Gasteiger partial charge in [-0.05, 0) is 47.0 Å². The second-order valence-corrected chi connectivity index (χ2v) is 6.12. The Morgan fingerprint density at radius 1 is 1.39 bits per heavy atom. The summed E-state index contributed by atoms with van der Waals surface area (Å²) in [5.41, 5.74) is 3.13. The average molecular weight is 371 g/mol. The number of nitrogens with zero attached hydrogens (tertiary/aromatic N) is 1. The Balaban J connectivity index is 2.47. The third-order valence-corrected chi connectivity index (χ3v) is 5.46. The molecule has 4 heteroatoms. The predicted molar refractivity (Wildman–Crippen MR) is 80.6 cm³/mol. The van der Waals surface area contributed by atoms with Gasteiger partial charge < -0.3 is 4.90 Å². The van der Waals surface area contributed by atoms with Crippen LogP contribution < -0.4 is 4.90 Å². The highest BCUT2D eigenvalue weighted by Gasteiger charge is 2.31. The molecule has 1 amide bonds. The fourth-order valence-electron chi connectivity index (χ4n) is 2.16. The number of benzene rings is 1. The lowest BCUT2D eigenvalue weighted by Crippen LogP contribution is -2.25. The Kier molecular flexibility index (Phi) is 3.84. The molecule has 0 N–H and O–H groups in total. The number of amides is 1. The molecule has 1 heterocycles. The molecule has 1 aromatic rings. The lowest BCUT2D eigenvalue weighted by Gasteiger charge is -2.21. The number of hydrogen-bond acceptors (Lipinski definition) is 1. The molecule has 0 bridgehead atoms. The first-order valence-corrected chi connectivity index (χ1v) is 7.26. The van der Waals surface area contributed by atoms with Crippen molar-refractivity contribution >= 4 is 43.5 Å². The van der Waals surface area contributed by atoms with Gasteiger partial charge in [-0.2, -0.15) is 0 Å². The number of halogens is 2. The van der Waals surface area contributed by atoms with E-state index in [1.807, 2.05) is 19.9 Å². The smallest absolute Gasteiger partial charge is 0.228 e. The van der Waals surface area contributed by atoms with Crippen LogP contribution in [0.4, 0.5) is 5.69 Å². The maximum atomic E-state index is 12.0. The summed E-state index contributed by atoms with van der Waals surface area (Å²) in [7, 11) is 0.